The number of rotatable bonds is 1. The third-order valence-corrected chi connectivity index (χ3v) is 1.07. The summed E-state index contributed by atoms with van der Waals surface area (Å²) in [7, 11) is 1.68. The summed E-state index contributed by atoms with van der Waals surface area (Å²) in [5.74, 6) is 0.368. The zero-order chi connectivity index (χ0) is 6.85. The van der Waals surface area contributed by atoms with Crippen molar-refractivity contribution in [3.8, 4) is 0 Å². The molecule has 0 aromatic carbocycles. The van der Waals surface area contributed by atoms with Gasteiger partial charge >= 0.3 is 0 Å². The predicted octanol–water partition coefficient (Wildman–Crippen LogP) is 1.13. The van der Waals surface area contributed by atoms with Gasteiger partial charge in [0, 0.05) is 13.1 Å². The van der Waals surface area contributed by atoms with E-state index in [1.165, 1.54) is 4.68 Å². The van der Waals surface area contributed by atoms with Gasteiger partial charge in [0.1, 0.15) is 0 Å². The molecule has 0 radical (unpaired) electrons. The SMILES string of the molecule is Cc1cc(N=O)n(C)n1. The minimum Gasteiger partial charge on any atom is -0.248 e. The van der Waals surface area contributed by atoms with Crippen LogP contribution in [0.15, 0.2) is 11.2 Å². The van der Waals surface area contributed by atoms with E-state index in [9.17, 15) is 4.91 Å². The van der Waals surface area contributed by atoms with Gasteiger partial charge in [-0.25, -0.2) is 4.68 Å². The normalized spacial score (nSPS) is 9.56. The average Bonchev–Trinajstić information content (AvgIpc) is 2.10. The van der Waals surface area contributed by atoms with E-state index in [4.69, 9.17) is 0 Å². The second kappa shape index (κ2) is 1.97. The van der Waals surface area contributed by atoms with Gasteiger partial charge in [-0.2, -0.15) is 5.10 Å². The molecular weight excluding hydrogens is 118 g/mol. The number of nitrogens with zero attached hydrogens (tertiary/aromatic N) is 3. The van der Waals surface area contributed by atoms with E-state index in [1.807, 2.05) is 6.92 Å². The summed E-state index contributed by atoms with van der Waals surface area (Å²) in [6.45, 7) is 1.81. The third-order valence-electron chi connectivity index (χ3n) is 1.07. The van der Waals surface area contributed by atoms with Gasteiger partial charge in [-0.1, -0.05) is 0 Å². The zero-order valence-electron chi connectivity index (χ0n) is 5.33. The number of aromatic nitrogens is 2. The largest absolute Gasteiger partial charge is 0.248 e. The second-order valence-corrected chi connectivity index (χ2v) is 1.86. The summed E-state index contributed by atoms with van der Waals surface area (Å²) >= 11 is 0. The molecule has 0 bridgehead atoms. The van der Waals surface area contributed by atoms with Gasteiger partial charge in [0.25, 0.3) is 0 Å². The van der Waals surface area contributed by atoms with Crippen LogP contribution >= 0.6 is 0 Å². The fraction of sp³-hybridized carbons (Fsp3) is 0.400. The molecule has 48 valence electrons. The topological polar surface area (TPSA) is 47.2 Å². The van der Waals surface area contributed by atoms with Gasteiger partial charge in [0.15, 0.2) is 5.82 Å². The van der Waals surface area contributed by atoms with Crippen LogP contribution in [0.1, 0.15) is 5.69 Å². The summed E-state index contributed by atoms with van der Waals surface area (Å²) in [5, 5.41) is 6.65. The highest BCUT2D eigenvalue weighted by Crippen LogP contribution is 2.10. The molecule has 0 amide bonds. The molecule has 1 rings (SSSR count). The third kappa shape index (κ3) is 0.960. The van der Waals surface area contributed by atoms with E-state index in [0.29, 0.717) is 5.82 Å². The molecule has 0 aliphatic heterocycles. The molecule has 0 atom stereocenters. The van der Waals surface area contributed by atoms with Crippen molar-refractivity contribution in [3.05, 3.63) is 16.7 Å². The van der Waals surface area contributed by atoms with Crippen molar-refractivity contribution >= 4 is 5.82 Å². The fourth-order valence-electron chi connectivity index (χ4n) is 0.682. The Bertz CT molecular complexity index is 228. The fourth-order valence-corrected chi connectivity index (χ4v) is 0.682. The standard InChI is InChI=1S/C5H7N3O/c1-4-3-5(7-9)8(2)6-4/h3H,1-2H3. The van der Waals surface area contributed by atoms with Crippen molar-refractivity contribution in [2.45, 2.75) is 6.92 Å². The first-order chi connectivity index (χ1) is 4.24. The Labute approximate surface area is 52.5 Å². The van der Waals surface area contributed by atoms with Gasteiger partial charge in [-0.05, 0) is 12.1 Å². The predicted molar refractivity (Wildman–Crippen MR) is 33.4 cm³/mol. The second-order valence-electron chi connectivity index (χ2n) is 1.86. The lowest BCUT2D eigenvalue weighted by Crippen LogP contribution is -1.88. The molecule has 0 aliphatic rings. The minimum absolute atomic E-state index is 0.368. The lowest BCUT2D eigenvalue weighted by molar-refractivity contribution is 0.758. The Morgan fingerprint density at radius 1 is 1.78 bits per heavy atom. The maximum atomic E-state index is 9.93. The van der Waals surface area contributed by atoms with Crippen molar-refractivity contribution in [1.82, 2.24) is 9.78 Å². The smallest absolute Gasteiger partial charge is 0.195 e. The Balaban J connectivity index is 3.15. The summed E-state index contributed by atoms with van der Waals surface area (Å²) in [4.78, 5) is 9.93. The molecule has 0 saturated carbocycles. The van der Waals surface area contributed by atoms with Crippen LogP contribution in [0.25, 0.3) is 0 Å². The quantitative estimate of drug-likeness (QED) is 0.528. The summed E-state index contributed by atoms with van der Waals surface area (Å²) < 4.78 is 1.45. The first-order valence-corrected chi connectivity index (χ1v) is 2.58. The molecule has 0 N–H and O–H groups in total. The number of nitroso groups, excluding NO2 is 1. The van der Waals surface area contributed by atoms with Crippen molar-refractivity contribution in [2.75, 3.05) is 0 Å². The lowest BCUT2D eigenvalue weighted by atomic mass is 10.5. The monoisotopic (exact) mass is 125 g/mol. The molecule has 0 unspecified atom stereocenters. The van der Waals surface area contributed by atoms with E-state index >= 15 is 0 Å². The molecular formula is C5H7N3O. The zero-order valence-corrected chi connectivity index (χ0v) is 5.33. The highest BCUT2D eigenvalue weighted by Gasteiger charge is 1.98. The number of aryl methyl sites for hydroxylation is 2. The van der Waals surface area contributed by atoms with Gasteiger partial charge in [0.05, 0.1) is 5.69 Å². The first-order valence-electron chi connectivity index (χ1n) is 2.58. The molecule has 0 fully saturated rings. The van der Waals surface area contributed by atoms with Crippen LogP contribution in [0.4, 0.5) is 5.82 Å². The molecule has 4 heteroatoms. The van der Waals surface area contributed by atoms with Crippen molar-refractivity contribution in [3.63, 3.8) is 0 Å². The molecule has 9 heavy (non-hydrogen) atoms. The van der Waals surface area contributed by atoms with Crippen LogP contribution in [-0.4, -0.2) is 9.78 Å². The van der Waals surface area contributed by atoms with E-state index in [0.717, 1.165) is 5.69 Å². The van der Waals surface area contributed by atoms with Gasteiger partial charge in [0.2, 0.25) is 0 Å². The van der Waals surface area contributed by atoms with E-state index in [-0.39, 0.29) is 0 Å². The number of hydrogen-bond acceptors (Lipinski definition) is 3. The molecule has 0 saturated heterocycles. The van der Waals surface area contributed by atoms with Crippen LogP contribution in [0.3, 0.4) is 0 Å². The van der Waals surface area contributed by atoms with Crippen LogP contribution in [-0.2, 0) is 7.05 Å². The minimum atomic E-state index is 0.368. The number of hydrogen-bond donors (Lipinski definition) is 0. The summed E-state index contributed by atoms with van der Waals surface area (Å²) in [5.41, 5.74) is 0.812. The summed E-state index contributed by atoms with van der Waals surface area (Å²) in [6.07, 6.45) is 0. The van der Waals surface area contributed by atoms with Crippen LogP contribution in [0.2, 0.25) is 0 Å². The molecule has 1 heterocycles. The van der Waals surface area contributed by atoms with Crippen molar-refractivity contribution in [1.29, 1.82) is 0 Å². The first kappa shape index (κ1) is 5.94. The van der Waals surface area contributed by atoms with E-state index < -0.39 is 0 Å². The van der Waals surface area contributed by atoms with Crippen molar-refractivity contribution < 1.29 is 0 Å². The molecule has 4 nitrogen and oxygen atoms in total. The highest BCUT2D eigenvalue weighted by atomic mass is 16.3. The van der Waals surface area contributed by atoms with Gasteiger partial charge in [-0.3, -0.25) is 0 Å². The van der Waals surface area contributed by atoms with Crippen LogP contribution in [0, 0.1) is 11.8 Å². The lowest BCUT2D eigenvalue weighted by Gasteiger charge is -1.85. The van der Waals surface area contributed by atoms with Gasteiger partial charge in [-0.15, -0.1) is 4.91 Å². The maximum Gasteiger partial charge on any atom is 0.195 e. The maximum absolute atomic E-state index is 9.93. The molecule has 0 spiro atoms. The highest BCUT2D eigenvalue weighted by molar-refractivity contribution is 5.28. The van der Waals surface area contributed by atoms with Gasteiger partial charge < -0.3 is 0 Å². The van der Waals surface area contributed by atoms with E-state index in [2.05, 4.69) is 10.3 Å². The van der Waals surface area contributed by atoms with Crippen LogP contribution in [0.5, 0.6) is 0 Å². The molecule has 1 aromatic rings. The Kier molecular flexibility index (Phi) is 1.30. The van der Waals surface area contributed by atoms with E-state index in [1.54, 1.807) is 13.1 Å². The average molecular weight is 125 g/mol. The van der Waals surface area contributed by atoms with Crippen molar-refractivity contribution in [2.24, 2.45) is 12.2 Å². The Hall–Kier alpha value is -1.19. The molecule has 1 aromatic heterocycles. The Morgan fingerprint density at radius 3 is 2.67 bits per heavy atom. The molecule has 0 aliphatic carbocycles. The summed E-state index contributed by atoms with van der Waals surface area (Å²) in [6, 6.07) is 1.63. The Morgan fingerprint density at radius 2 is 2.44 bits per heavy atom. The van der Waals surface area contributed by atoms with Crippen LogP contribution < -0.4 is 0 Å².